The van der Waals surface area contributed by atoms with Gasteiger partial charge in [0.25, 0.3) is 5.91 Å². The second-order valence-corrected chi connectivity index (χ2v) is 3.26. The first-order valence-corrected chi connectivity index (χ1v) is 4.83. The minimum atomic E-state index is -0.550. The van der Waals surface area contributed by atoms with Gasteiger partial charge < -0.3 is 16.4 Å². The Hall–Kier alpha value is -2.11. The number of hydrogen-bond acceptors (Lipinski definition) is 4. The number of likely N-dealkylation sites (N-methyl/N-ethyl adjacent to an activating group) is 1. The van der Waals surface area contributed by atoms with Crippen molar-refractivity contribution in [2.75, 3.05) is 18.8 Å². The van der Waals surface area contributed by atoms with Crippen LogP contribution in [0.3, 0.4) is 0 Å². The molecule has 1 heterocycles. The molecule has 0 fully saturated rings. The second kappa shape index (κ2) is 5.11. The van der Waals surface area contributed by atoms with E-state index in [1.165, 1.54) is 17.2 Å². The van der Waals surface area contributed by atoms with Gasteiger partial charge >= 0.3 is 0 Å². The lowest BCUT2D eigenvalue weighted by molar-refractivity contribution is -0.118. The Morgan fingerprint density at radius 3 is 2.56 bits per heavy atom. The van der Waals surface area contributed by atoms with Crippen LogP contribution in [-0.4, -0.2) is 34.8 Å². The van der Waals surface area contributed by atoms with Crippen molar-refractivity contribution in [3.8, 4) is 0 Å². The molecule has 0 aromatic carbocycles. The van der Waals surface area contributed by atoms with Crippen molar-refractivity contribution in [3.05, 3.63) is 24.0 Å². The largest absolute Gasteiger partial charge is 0.397 e. The van der Waals surface area contributed by atoms with E-state index in [0.717, 1.165) is 0 Å². The molecule has 0 spiro atoms. The van der Waals surface area contributed by atoms with Crippen molar-refractivity contribution >= 4 is 17.5 Å². The number of rotatable bonds is 4. The maximum Gasteiger partial charge on any atom is 0.272 e. The van der Waals surface area contributed by atoms with E-state index in [1.54, 1.807) is 13.0 Å². The van der Waals surface area contributed by atoms with Crippen molar-refractivity contribution in [2.24, 2.45) is 5.73 Å². The molecule has 0 aliphatic heterocycles. The van der Waals surface area contributed by atoms with Gasteiger partial charge in [-0.1, -0.05) is 0 Å². The summed E-state index contributed by atoms with van der Waals surface area (Å²) in [6.45, 7) is 2.05. The number of nitrogens with zero attached hydrogens (tertiary/aromatic N) is 2. The SMILES string of the molecule is CCN(CC(N)=O)C(=O)c1ccc(N)cn1. The Kier molecular flexibility index (Phi) is 3.82. The summed E-state index contributed by atoms with van der Waals surface area (Å²) in [5, 5.41) is 0. The standard InChI is InChI=1S/C10H14N4O2/c1-2-14(6-9(12)15)10(16)8-4-3-7(11)5-13-8/h3-5H,2,6,11H2,1H3,(H2,12,15). The van der Waals surface area contributed by atoms with Crippen LogP contribution >= 0.6 is 0 Å². The van der Waals surface area contributed by atoms with Gasteiger partial charge in [0.1, 0.15) is 5.69 Å². The summed E-state index contributed by atoms with van der Waals surface area (Å²) in [7, 11) is 0. The fraction of sp³-hybridized carbons (Fsp3) is 0.300. The Morgan fingerprint density at radius 2 is 2.12 bits per heavy atom. The van der Waals surface area contributed by atoms with Crippen molar-refractivity contribution < 1.29 is 9.59 Å². The lowest BCUT2D eigenvalue weighted by Crippen LogP contribution is -2.38. The third kappa shape index (κ3) is 2.94. The van der Waals surface area contributed by atoms with Crippen molar-refractivity contribution in [1.82, 2.24) is 9.88 Å². The molecule has 1 rings (SSSR count). The number of nitrogen functional groups attached to an aromatic ring is 1. The van der Waals surface area contributed by atoms with Crippen molar-refractivity contribution in [2.45, 2.75) is 6.92 Å². The number of aromatic nitrogens is 1. The minimum Gasteiger partial charge on any atom is -0.397 e. The highest BCUT2D eigenvalue weighted by atomic mass is 16.2. The van der Waals surface area contributed by atoms with Crippen LogP contribution in [0.2, 0.25) is 0 Å². The molecule has 86 valence electrons. The molecule has 1 aromatic rings. The monoisotopic (exact) mass is 222 g/mol. The van der Waals surface area contributed by atoms with Gasteiger partial charge in [-0.05, 0) is 19.1 Å². The molecule has 6 heteroatoms. The van der Waals surface area contributed by atoms with E-state index in [2.05, 4.69) is 4.98 Å². The van der Waals surface area contributed by atoms with E-state index in [4.69, 9.17) is 11.5 Å². The summed E-state index contributed by atoms with van der Waals surface area (Å²) < 4.78 is 0. The van der Waals surface area contributed by atoms with E-state index in [1.807, 2.05) is 0 Å². The predicted molar refractivity (Wildman–Crippen MR) is 59.4 cm³/mol. The Bertz CT molecular complexity index is 388. The molecule has 0 aliphatic carbocycles. The third-order valence-electron chi connectivity index (χ3n) is 2.02. The van der Waals surface area contributed by atoms with Crippen LogP contribution in [-0.2, 0) is 4.79 Å². The van der Waals surface area contributed by atoms with Crippen LogP contribution in [0.1, 0.15) is 17.4 Å². The predicted octanol–water partition coefficient (Wildman–Crippen LogP) is -0.389. The number of amides is 2. The first kappa shape index (κ1) is 12.0. The van der Waals surface area contributed by atoms with Gasteiger partial charge in [-0.3, -0.25) is 9.59 Å². The maximum atomic E-state index is 11.8. The van der Waals surface area contributed by atoms with Gasteiger partial charge in [-0.15, -0.1) is 0 Å². The van der Waals surface area contributed by atoms with Gasteiger partial charge in [-0.2, -0.15) is 0 Å². The number of carbonyl (C=O) groups excluding carboxylic acids is 2. The van der Waals surface area contributed by atoms with Crippen LogP contribution in [0.4, 0.5) is 5.69 Å². The fourth-order valence-corrected chi connectivity index (χ4v) is 1.21. The van der Waals surface area contributed by atoms with Crippen molar-refractivity contribution in [3.63, 3.8) is 0 Å². The number of hydrogen-bond donors (Lipinski definition) is 2. The average Bonchev–Trinajstić information content (AvgIpc) is 2.25. The Labute approximate surface area is 93.2 Å². The van der Waals surface area contributed by atoms with Crippen LogP contribution < -0.4 is 11.5 Å². The highest BCUT2D eigenvalue weighted by Gasteiger charge is 2.16. The topological polar surface area (TPSA) is 102 Å². The maximum absolute atomic E-state index is 11.8. The fourth-order valence-electron chi connectivity index (χ4n) is 1.21. The average molecular weight is 222 g/mol. The van der Waals surface area contributed by atoms with Crippen LogP contribution in [0, 0.1) is 0 Å². The lowest BCUT2D eigenvalue weighted by Gasteiger charge is -2.18. The number of carbonyl (C=O) groups is 2. The van der Waals surface area contributed by atoms with Gasteiger partial charge in [-0.25, -0.2) is 4.98 Å². The molecule has 0 unspecified atom stereocenters. The molecule has 4 N–H and O–H groups in total. The smallest absolute Gasteiger partial charge is 0.272 e. The summed E-state index contributed by atoms with van der Waals surface area (Å²) >= 11 is 0. The van der Waals surface area contributed by atoms with Crippen molar-refractivity contribution in [1.29, 1.82) is 0 Å². The second-order valence-electron chi connectivity index (χ2n) is 3.26. The zero-order chi connectivity index (χ0) is 12.1. The molecule has 0 saturated heterocycles. The van der Waals surface area contributed by atoms with Gasteiger partial charge in [0.05, 0.1) is 18.4 Å². The van der Waals surface area contributed by atoms with Gasteiger partial charge in [0, 0.05) is 6.54 Å². The molecule has 0 saturated carbocycles. The van der Waals surface area contributed by atoms with E-state index < -0.39 is 5.91 Å². The molecule has 2 amide bonds. The molecule has 0 bridgehead atoms. The molecular formula is C10H14N4O2. The van der Waals surface area contributed by atoms with Gasteiger partial charge in [0.15, 0.2) is 0 Å². The number of nitrogens with two attached hydrogens (primary N) is 2. The van der Waals surface area contributed by atoms with Crippen LogP contribution in [0.25, 0.3) is 0 Å². The molecule has 1 aromatic heterocycles. The van der Waals surface area contributed by atoms with E-state index >= 15 is 0 Å². The van der Waals surface area contributed by atoms with Crippen LogP contribution in [0.5, 0.6) is 0 Å². The number of primary amides is 1. The number of anilines is 1. The molecule has 6 nitrogen and oxygen atoms in total. The highest BCUT2D eigenvalue weighted by Crippen LogP contribution is 2.04. The zero-order valence-electron chi connectivity index (χ0n) is 9.01. The van der Waals surface area contributed by atoms with E-state index in [9.17, 15) is 9.59 Å². The molecule has 0 aliphatic rings. The summed E-state index contributed by atoms with van der Waals surface area (Å²) in [6, 6.07) is 3.10. The molecule has 0 radical (unpaired) electrons. The Balaban J connectivity index is 2.82. The lowest BCUT2D eigenvalue weighted by atomic mass is 10.3. The van der Waals surface area contributed by atoms with E-state index in [-0.39, 0.29) is 18.1 Å². The molecule has 16 heavy (non-hydrogen) atoms. The molecule has 0 atom stereocenters. The first-order valence-electron chi connectivity index (χ1n) is 4.83. The Morgan fingerprint density at radius 1 is 1.44 bits per heavy atom. The van der Waals surface area contributed by atoms with Gasteiger partial charge in [0.2, 0.25) is 5.91 Å². The summed E-state index contributed by atoms with van der Waals surface area (Å²) in [5.41, 5.74) is 11.2. The normalized spacial score (nSPS) is 9.81. The summed E-state index contributed by atoms with van der Waals surface area (Å²) in [4.78, 5) is 27.8. The first-order chi connectivity index (χ1) is 7.54. The summed E-state index contributed by atoms with van der Waals surface area (Å²) in [6.07, 6.45) is 1.39. The quantitative estimate of drug-likeness (QED) is 0.724. The zero-order valence-corrected chi connectivity index (χ0v) is 9.01. The molecular weight excluding hydrogens is 208 g/mol. The van der Waals surface area contributed by atoms with E-state index in [0.29, 0.717) is 12.2 Å². The minimum absolute atomic E-state index is 0.110. The highest BCUT2D eigenvalue weighted by molar-refractivity contribution is 5.94. The third-order valence-corrected chi connectivity index (χ3v) is 2.02. The number of pyridine rings is 1. The summed E-state index contributed by atoms with van der Waals surface area (Å²) in [5.74, 6) is -0.882. The van der Waals surface area contributed by atoms with Crippen LogP contribution in [0.15, 0.2) is 18.3 Å².